The number of hydrogen-bond acceptors (Lipinski definition) is 9. The molecule has 3 heterocycles. The summed E-state index contributed by atoms with van der Waals surface area (Å²) >= 11 is 6.54. The van der Waals surface area contributed by atoms with Gasteiger partial charge in [0.25, 0.3) is 0 Å². The quantitative estimate of drug-likeness (QED) is 0.322. The van der Waals surface area contributed by atoms with Crippen LogP contribution in [0.4, 0.5) is 11.6 Å². The smallest absolute Gasteiger partial charge is 0.307 e. The van der Waals surface area contributed by atoms with Gasteiger partial charge in [-0.25, -0.2) is 9.97 Å². The lowest BCUT2D eigenvalue weighted by atomic mass is 9.82. The molecule has 0 radical (unpaired) electrons. The van der Waals surface area contributed by atoms with Crippen molar-refractivity contribution in [1.82, 2.24) is 15.3 Å². The highest BCUT2D eigenvalue weighted by Gasteiger charge is 2.32. The van der Waals surface area contributed by atoms with Crippen LogP contribution in [0.15, 0.2) is 30.5 Å². The predicted octanol–water partition coefficient (Wildman–Crippen LogP) is 5.18. The monoisotopic (exact) mass is 554 g/mol. The highest BCUT2D eigenvalue weighted by atomic mass is 35.5. The van der Waals surface area contributed by atoms with Crippen LogP contribution in [-0.4, -0.2) is 60.4 Å². The zero-order chi connectivity index (χ0) is 27.7. The predicted molar refractivity (Wildman–Crippen MR) is 153 cm³/mol. The van der Waals surface area contributed by atoms with E-state index in [2.05, 4.69) is 27.0 Å². The second-order valence-electron chi connectivity index (χ2n) is 10.6. The van der Waals surface area contributed by atoms with Gasteiger partial charge in [0.05, 0.1) is 35.2 Å². The van der Waals surface area contributed by atoms with Gasteiger partial charge in [-0.2, -0.15) is 5.26 Å². The normalized spacial score (nSPS) is 21.4. The molecule has 0 bridgehead atoms. The van der Waals surface area contributed by atoms with Gasteiger partial charge in [-0.05, 0) is 70.6 Å². The molecular formula is C29H39ClN6O3. The standard InChI is InChI=1S/C29H39ClN6O3/c1-3-39-28(37)15-20(2)34-21-7-9-22(10-8-21)35-27-16-23(24(30)17-32-27)25-5-4-6-26(36-25)33-19-29(18-31)11-13-38-14-12-29/h4-6,16-17,20-22,34H,3,7-15,19H2,1-2H3,(H,32,35)(H,33,36)/t20-,21-,22-/m0/s1. The first-order valence-electron chi connectivity index (χ1n) is 13.9. The molecule has 1 atom stereocenters. The Hall–Kier alpha value is -2.93. The molecule has 10 heteroatoms. The van der Waals surface area contributed by atoms with E-state index in [0.717, 1.165) is 42.8 Å². The van der Waals surface area contributed by atoms with Crippen LogP contribution in [0.1, 0.15) is 58.8 Å². The number of rotatable bonds is 11. The maximum atomic E-state index is 11.7. The first-order chi connectivity index (χ1) is 18.9. The van der Waals surface area contributed by atoms with E-state index in [9.17, 15) is 10.1 Å². The van der Waals surface area contributed by atoms with E-state index < -0.39 is 5.41 Å². The van der Waals surface area contributed by atoms with E-state index in [1.54, 1.807) is 6.20 Å². The highest BCUT2D eigenvalue weighted by molar-refractivity contribution is 6.33. The molecule has 0 spiro atoms. The molecule has 210 valence electrons. The van der Waals surface area contributed by atoms with Crippen molar-refractivity contribution >= 4 is 29.2 Å². The number of carbonyl (C=O) groups is 1. The number of nitrogens with one attached hydrogen (secondary N) is 3. The molecule has 1 aliphatic heterocycles. The van der Waals surface area contributed by atoms with Gasteiger partial charge < -0.3 is 25.4 Å². The van der Waals surface area contributed by atoms with Crippen LogP contribution in [0, 0.1) is 16.7 Å². The number of nitriles is 1. The number of pyridine rings is 2. The van der Waals surface area contributed by atoms with Gasteiger partial charge in [0.1, 0.15) is 11.6 Å². The molecule has 2 aliphatic rings. The lowest BCUT2D eigenvalue weighted by Crippen LogP contribution is -2.42. The van der Waals surface area contributed by atoms with Crippen molar-refractivity contribution < 1.29 is 14.3 Å². The Kier molecular flexibility index (Phi) is 10.4. The van der Waals surface area contributed by atoms with Crippen LogP contribution in [0.3, 0.4) is 0 Å². The summed E-state index contributed by atoms with van der Waals surface area (Å²) < 4.78 is 10.5. The number of ether oxygens (including phenoxy) is 2. The summed E-state index contributed by atoms with van der Waals surface area (Å²) in [5.74, 6) is 1.32. The molecule has 1 saturated carbocycles. The Morgan fingerprint density at radius 3 is 2.69 bits per heavy atom. The molecule has 2 aromatic rings. The van der Waals surface area contributed by atoms with Crippen molar-refractivity contribution in [2.45, 2.75) is 76.9 Å². The van der Waals surface area contributed by atoms with E-state index in [4.69, 9.17) is 26.1 Å². The molecular weight excluding hydrogens is 516 g/mol. The Morgan fingerprint density at radius 2 is 1.97 bits per heavy atom. The van der Waals surface area contributed by atoms with Crippen LogP contribution in [0.5, 0.6) is 0 Å². The molecule has 0 amide bonds. The van der Waals surface area contributed by atoms with Crippen LogP contribution in [0.25, 0.3) is 11.3 Å². The molecule has 39 heavy (non-hydrogen) atoms. The fraction of sp³-hybridized carbons (Fsp3) is 0.586. The molecule has 1 saturated heterocycles. The zero-order valence-corrected chi connectivity index (χ0v) is 23.6. The number of esters is 1. The van der Waals surface area contributed by atoms with E-state index in [1.165, 1.54) is 0 Å². The maximum absolute atomic E-state index is 11.7. The molecule has 2 aromatic heterocycles. The third-order valence-electron chi connectivity index (χ3n) is 7.55. The van der Waals surface area contributed by atoms with E-state index in [1.807, 2.05) is 38.1 Å². The Labute approximate surface area is 236 Å². The number of carbonyl (C=O) groups excluding carboxylic acids is 1. The summed E-state index contributed by atoms with van der Waals surface area (Å²) in [7, 11) is 0. The van der Waals surface area contributed by atoms with Gasteiger partial charge in [0, 0.05) is 49.6 Å². The highest BCUT2D eigenvalue weighted by Crippen LogP contribution is 2.32. The maximum Gasteiger partial charge on any atom is 0.307 e. The third-order valence-corrected chi connectivity index (χ3v) is 7.85. The lowest BCUT2D eigenvalue weighted by Gasteiger charge is -2.32. The van der Waals surface area contributed by atoms with Gasteiger partial charge in [-0.3, -0.25) is 4.79 Å². The van der Waals surface area contributed by atoms with Crippen LogP contribution < -0.4 is 16.0 Å². The zero-order valence-electron chi connectivity index (χ0n) is 22.8. The third kappa shape index (κ3) is 8.28. The SMILES string of the molecule is CCOC(=O)C[C@H](C)N[C@H]1CC[C@H](Nc2cc(-c3cccc(NCC4(C#N)CCOCC4)n3)c(Cl)cn2)CC1. The molecule has 0 aromatic carbocycles. The average Bonchev–Trinajstić information content (AvgIpc) is 2.95. The number of halogens is 1. The minimum atomic E-state index is -0.436. The minimum absolute atomic E-state index is 0.0962. The molecule has 0 unspecified atom stereocenters. The van der Waals surface area contributed by atoms with Gasteiger partial charge in [-0.15, -0.1) is 0 Å². The van der Waals surface area contributed by atoms with Crippen molar-refractivity contribution in [2.75, 3.05) is 37.0 Å². The van der Waals surface area contributed by atoms with Crippen LogP contribution >= 0.6 is 11.6 Å². The number of anilines is 2. The molecule has 2 fully saturated rings. The van der Waals surface area contributed by atoms with Gasteiger partial charge >= 0.3 is 5.97 Å². The first kappa shape index (κ1) is 29.1. The van der Waals surface area contributed by atoms with Crippen LogP contribution in [0.2, 0.25) is 5.02 Å². The van der Waals surface area contributed by atoms with Gasteiger partial charge in [-0.1, -0.05) is 17.7 Å². The molecule has 9 nitrogen and oxygen atoms in total. The molecule has 4 rings (SSSR count). The first-order valence-corrected chi connectivity index (χ1v) is 14.3. The second kappa shape index (κ2) is 13.9. The summed E-state index contributed by atoms with van der Waals surface area (Å²) in [6.45, 7) is 6.02. The van der Waals surface area contributed by atoms with E-state index in [0.29, 0.717) is 68.6 Å². The van der Waals surface area contributed by atoms with E-state index in [-0.39, 0.29) is 12.0 Å². The van der Waals surface area contributed by atoms with Gasteiger partial charge in [0.15, 0.2) is 0 Å². The fourth-order valence-electron chi connectivity index (χ4n) is 5.29. The Bertz CT molecular complexity index is 1140. The minimum Gasteiger partial charge on any atom is -0.466 e. The number of nitrogens with zero attached hydrogens (tertiary/aromatic N) is 3. The lowest BCUT2D eigenvalue weighted by molar-refractivity contribution is -0.143. The molecule has 1 aliphatic carbocycles. The summed E-state index contributed by atoms with van der Waals surface area (Å²) in [4.78, 5) is 21.0. The summed E-state index contributed by atoms with van der Waals surface area (Å²) in [6.07, 6.45) is 7.55. The van der Waals surface area contributed by atoms with Crippen molar-refractivity contribution in [3.63, 3.8) is 0 Å². The Balaban J connectivity index is 1.33. The van der Waals surface area contributed by atoms with Crippen molar-refractivity contribution in [1.29, 1.82) is 5.26 Å². The topological polar surface area (TPSA) is 121 Å². The summed E-state index contributed by atoms with van der Waals surface area (Å²) in [5, 5.41) is 20.8. The van der Waals surface area contributed by atoms with Crippen molar-refractivity contribution in [3.05, 3.63) is 35.5 Å². The summed E-state index contributed by atoms with van der Waals surface area (Å²) in [5.41, 5.74) is 1.12. The number of hydrogen-bond donors (Lipinski definition) is 3. The summed E-state index contributed by atoms with van der Waals surface area (Å²) in [6, 6.07) is 11.0. The van der Waals surface area contributed by atoms with Gasteiger partial charge in [0.2, 0.25) is 0 Å². The Morgan fingerprint density at radius 1 is 1.23 bits per heavy atom. The van der Waals surface area contributed by atoms with E-state index >= 15 is 0 Å². The van der Waals surface area contributed by atoms with Crippen molar-refractivity contribution in [3.8, 4) is 17.3 Å². The average molecular weight is 555 g/mol. The number of aromatic nitrogens is 2. The van der Waals surface area contributed by atoms with Crippen LogP contribution in [-0.2, 0) is 14.3 Å². The molecule has 3 N–H and O–H groups in total. The largest absolute Gasteiger partial charge is 0.466 e. The van der Waals surface area contributed by atoms with Crippen molar-refractivity contribution in [2.24, 2.45) is 5.41 Å². The second-order valence-corrected chi connectivity index (χ2v) is 11.0. The fourth-order valence-corrected chi connectivity index (χ4v) is 5.49.